The first-order valence-corrected chi connectivity index (χ1v) is 5.97. The second kappa shape index (κ2) is 4.90. The van der Waals surface area contributed by atoms with Crippen molar-refractivity contribution in [1.29, 1.82) is 0 Å². The van der Waals surface area contributed by atoms with Gasteiger partial charge in [-0.15, -0.1) is 0 Å². The minimum atomic E-state index is -0.0432. The molecule has 3 nitrogen and oxygen atoms in total. The Labute approximate surface area is 105 Å². The summed E-state index contributed by atoms with van der Waals surface area (Å²) in [6, 6.07) is 5.67. The van der Waals surface area contributed by atoms with Crippen molar-refractivity contribution in [2.24, 2.45) is 0 Å². The Morgan fingerprint density at radius 3 is 2.88 bits per heavy atom. The lowest BCUT2D eigenvalue weighted by atomic mass is 10.0. The maximum Gasteiger partial charge on any atom is 0.251 e. The molecule has 0 fully saturated rings. The van der Waals surface area contributed by atoms with Crippen LogP contribution in [-0.2, 0) is 6.42 Å². The molecule has 0 saturated heterocycles. The van der Waals surface area contributed by atoms with Crippen molar-refractivity contribution in [2.45, 2.75) is 13.3 Å². The number of H-pyrrole nitrogens is 1. The average Bonchev–Trinajstić information content (AvgIpc) is 2.31. The lowest BCUT2D eigenvalue weighted by Gasteiger charge is -2.09. The quantitative estimate of drug-likeness (QED) is 0.878. The summed E-state index contributed by atoms with van der Waals surface area (Å²) >= 11 is 6.08. The molecular formula is C13H15ClN2O. The Balaban J connectivity index is 2.68. The highest BCUT2D eigenvalue weighted by atomic mass is 35.5. The zero-order valence-electron chi connectivity index (χ0n) is 9.93. The summed E-state index contributed by atoms with van der Waals surface area (Å²) in [5.74, 6) is 0. The highest BCUT2D eigenvalue weighted by Crippen LogP contribution is 2.23. The van der Waals surface area contributed by atoms with Gasteiger partial charge in [0, 0.05) is 10.9 Å². The molecule has 2 rings (SSSR count). The fourth-order valence-electron chi connectivity index (χ4n) is 2.04. The number of rotatable bonds is 3. The van der Waals surface area contributed by atoms with Gasteiger partial charge in [-0.2, -0.15) is 0 Å². The fourth-order valence-corrected chi connectivity index (χ4v) is 2.26. The number of likely N-dealkylation sites (N-methyl/N-ethyl adjacent to an activating group) is 1. The van der Waals surface area contributed by atoms with Crippen LogP contribution in [0, 0.1) is 6.92 Å². The number of aromatic amines is 1. The number of pyridine rings is 1. The first-order valence-electron chi connectivity index (χ1n) is 5.59. The molecule has 17 heavy (non-hydrogen) atoms. The number of fused-ring (bicyclic) bond motifs is 1. The summed E-state index contributed by atoms with van der Waals surface area (Å²) < 4.78 is 0. The third-order valence-electron chi connectivity index (χ3n) is 3.01. The Hall–Kier alpha value is -1.32. The molecule has 1 aromatic heterocycles. The van der Waals surface area contributed by atoms with Crippen molar-refractivity contribution in [1.82, 2.24) is 10.3 Å². The van der Waals surface area contributed by atoms with E-state index in [9.17, 15) is 4.79 Å². The van der Waals surface area contributed by atoms with Gasteiger partial charge < -0.3 is 10.3 Å². The molecule has 1 heterocycles. The SMILES string of the molecule is CNCCc1c(C)c2cccc(Cl)c2[nH]c1=O. The van der Waals surface area contributed by atoms with Gasteiger partial charge in [0.2, 0.25) is 0 Å². The van der Waals surface area contributed by atoms with Gasteiger partial charge in [-0.05, 0) is 38.6 Å². The number of aryl methyl sites for hydroxylation is 1. The number of benzene rings is 1. The summed E-state index contributed by atoms with van der Waals surface area (Å²) in [5, 5.41) is 4.65. The Morgan fingerprint density at radius 1 is 1.41 bits per heavy atom. The van der Waals surface area contributed by atoms with Gasteiger partial charge in [-0.25, -0.2) is 0 Å². The predicted octanol–water partition coefficient (Wildman–Crippen LogP) is 2.25. The number of aromatic nitrogens is 1. The van der Waals surface area contributed by atoms with Crippen molar-refractivity contribution in [3.8, 4) is 0 Å². The lowest BCUT2D eigenvalue weighted by Crippen LogP contribution is -2.20. The van der Waals surface area contributed by atoms with Crippen molar-refractivity contribution in [3.63, 3.8) is 0 Å². The Bertz CT molecular complexity index is 604. The third kappa shape index (κ3) is 2.21. The van der Waals surface area contributed by atoms with Gasteiger partial charge in [-0.3, -0.25) is 4.79 Å². The van der Waals surface area contributed by atoms with Crippen LogP contribution in [0.2, 0.25) is 5.02 Å². The molecule has 0 aliphatic rings. The van der Waals surface area contributed by atoms with Crippen LogP contribution in [0.1, 0.15) is 11.1 Å². The van der Waals surface area contributed by atoms with Crippen LogP contribution in [0.3, 0.4) is 0 Å². The standard InChI is InChI=1S/C13H15ClN2O/c1-8-9-4-3-5-11(14)12(9)16-13(17)10(8)6-7-15-2/h3-5,15H,6-7H2,1-2H3,(H,16,17). The van der Waals surface area contributed by atoms with Crippen molar-refractivity contribution >= 4 is 22.5 Å². The van der Waals surface area contributed by atoms with E-state index in [1.165, 1.54) is 0 Å². The minimum Gasteiger partial charge on any atom is -0.320 e. The van der Waals surface area contributed by atoms with Gasteiger partial charge in [0.15, 0.2) is 0 Å². The highest BCUT2D eigenvalue weighted by Gasteiger charge is 2.10. The molecule has 0 aliphatic carbocycles. The maximum absolute atomic E-state index is 12.0. The molecule has 0 bridgehead atoms. The van der Waals surface area contributed by atoms with Gasteiger partial charge in [-0.1, -0.05) is 23.7 Å². The van der Waals surface area contributed by atoms with Crippen molar-refractivity contribution in [2.75, 3.05) is 13.6 Å². The normalized spacial score (nSPS) is 11.0. The average molecular weight is 251 g/mol. The number of nitrogens with one attached hydrogen (secondary N) is 2. The van der Waals surface area contributed by atoms with E-state index >= 15 is 0 Å². The second-order valence-corrected chi connectivity index (χ2v) is 4.48. The summed E-state index contributed by atoms with van der Waals surface area (Å²) in [5.41, 5.74) is 2.53. The molecule has 90 valence electrons. The number of halogens is 1. The smallest absolute Gasteiger partial charge is 0.251 e. The molecule has 2 aromatic rings. The van der Waals surface area contributed by atoms with Crippen molar-refractivity contribution in [3.05, 3.63) is 44.7 Å². The van der Waals surface area contributed by atoms with Gasteiger partial charge in [0.05, 0.1) is 10.5 Å². The summed E-state index contributed by atoms with van der Waals surface area (Å²) in [7, 11) is 1.88. The molecule has 2 N–H and O–H groups in total. The predicted molar refractivity (Wildman–Crippen MR) is 71.9 cm³/mol. The summed E-state index contributed by atoms with van der Waals surface area (Å²) in [4.78, 5) is 14.8. The molecule has 0 radical (unpaired) electrons. The van der Waals surface area contributed by atoms with E-state index in [0.717, 1.165) is 35.0 Å². The molecule has 0 aliphatic heterocycles. The number of hydrogen-bond acceptors (Lipinski definition) is 2. The van der Waals surface area contributed by atoms with E-state index in [0.29, 0.717) is 5.02 Å². The van der Waals surface area contributed by atoms with Crippen LogP contribution in [0.15, 0.2) is 23.0 Å². The Kier molecular flexibility index (Phi) is 3.50. The van der Waals surface area contributed by atoms with E-state index in [4.69, 9.17) is 11.6 Å². The van der Waals surface area contributed by atoms with E-state index in [-0.39, 0.29) is 5.56 Å². The largest absolute Gasteiger partial charge is 0.320 e. The van der Waals surface area contributed by atoms with E-state index < -0.39 is 0 Å². The first kappa shape index (κ1) is 12.1. The first-order chi connectivity index (χ1) is 8.15. The number of para-hydroxylation sites is 1. The van der Waals surface area contributed by atoms with Crippen molar-refractivity contribution < 1.29 is 0 Å². The van der Waals surface area contributed by atoms with Gasteiger partial charge in [0.1, 0.15) is 0 Å². The lowest BCUT2D eigenvalue weighted by molar-refractivity contribution is 0.783. The van der Waals surface area contributed by atoms with Gasteiger partial charge in [0.25, 0.3) is 5.56 Å². The Morgan fingerprint density at radius 2 is 2.18 bits per heavy atom. The molecule has 0 unspecified atom stereocenters. The highest BCUT2D eigenvalue weighted by molar-refractivity contribution is 6.35. The van der Waals surface area contributed by atoms with Crippen LogP contribution < -0.4 is 10.9 Å². The molecular weight excluding hydrogens is 236 g/mol. The zero-order chi connectivity index (χ0) is 12.4. The maximum atomic E-state index is 12.0. The molecule has 0 atom stereocenters. The summed E-state index contributed by atoms with van der Waals surface area (Å²) in [6.07, 6.45) is 0.722. The van der Waals surface area contributed by atoms with Gasteiger partial charge >= 0.3 is 0 Å². The number of hydrogen-bond donors (Lipinski definition) is 2. The monoisotopic (exact) mass is 250 g/mol. The topological polar surface area (TPSA) is 44.9 Å². The van der Waals surface area contributed by atoms with Crippen LogP contribution in [0.25, 0.3) is 10.9 Å². The zero-order valence-corrected chi connectivity index (χ0v) is 10.7. The molecule has 0 spiro atoms. The van der Waals surface area contributed by atoms with E-state index in [1.807, 2.05) is 26.1 Å². The van der Waals surface area contributed by atoms with Crippen LogP contribution in [0.4, 0.5) is 0 Å². The summed E-state index contributed by atoms with van der Waals surface area (Å²) in [6.45, 7) is 2.76. The van der Waals surface area contributed by atoms with E-state index in [1.54, 1.807) is 6.07 Å². The fraction of sp³-hybridized carbons (Fsp3) is 0.308. The molecule has 0 saturated carbocycles. The third-order valence-corrected chi connectivity index (χ3v) is 3.32. The van der Waals surface area contributed by atoms with Crippen LogP contribution >= 0.6 is 11.6 Å². The second-order valence-electron chi connectivity index (χ2n) is 4.07. The van der Waals surface area contributed by atoms with Crippen LogP contribution in [-0.4, -0.2) is 18.6 Å². The molecule has 0 amide bonds. The molecule has 4 heteroatoms. The van der Waals surface area contributed by atoms with Crippen LogP contribution in [0.5, 0.6) is 0 Å². The van der Waals surface area contributed by atoms with E-state index in [2.05, 4.69) is 10.3 Å². The molecule has 1 aromatic carbocycles. The minimum absolute atomic E-state index is 0.0432.